The van der Waals surface area contributed by atoms with Gasteiger partial charge < -0.3 is 20.1 Å². The van der Waals surface area contributed by atoms with Crippen LogP contribution in [0.25, 0.3) is 0 Å². The van der Waals surface area contributed by atoms with Crippen LogP contribution in [0.1, 0.15) is 12.8 Å². The molecule has 0 aromatic heterocycles. The van der Waals surface area contributed by atoms with E-state index in [1.807, 2.05) is 0 Å². The van der Waals surface area contributed by atoms with E-state index >= 15 is 0 Å². The van der Waals surface area contributed by atoms with E-state index in [4.69, 9.17) is 15.2 Å². The Hall–Kier alpha value is -0.810. The predicted octanol–water partition coefficient (Wildman–Crippen LogP) is 0.192. The smallest absolute Gasteiger partial charge is 0.410 e. The molecule has 2 aliphatic heterocycles. The number of carbonyl (C=O) groups excluding carboxylic acids is 1. The third-order valence-electron chi connectivity index (χ3n) is 3.03. The Morgan fingerprint density at radius 2 is 2.13 bits per heavy atom. The van der Waals surface area contributed by atoms with Gasteiger partial charge >= 0.3 is 6.09 Å². The van der Waals surface area contributed by atoms with Crippen molar-refractivity contribution in [2.75, 3.05) is 32.8 Å². The van der Waals surface area contributed by atoms with Crippen LogP contribution >= 0.6 is 0 Å². The van der Waals surface area contributed by atoms with Crippen LogP contribution in [0, 0.1) is 5.92 Å². The van der Waals surface area contributed by atoms with Gasteiger partial charge in [0.1, 0.15) is 6.10 Å². The highest BCUT2D eigenvalue weighted by Gasteiger charge is 2.32. The van der Waals surface area contributed by atoms with Crippen LogP contribution in [0.15, 0.2) is 0 Å². The van der Waals surface area contributed by atoms with Crippen molar-refractivity contribution >= 4 is 6.09 Å². The molecular weight excluding hydrogens is 196 g/mol. The molecule has 2 aliphatic rings. The van der Waals surface area contributed by atoms with Crippen molar-refractivity contribution < 1.29 is 14.3 Å². The van der Waals surface area contributed by atoms with E-state index in [2.05, 4.69) is 0 Å². The van der Waals surface area contributed by atoms with Gasteiger partial charge in [0.05, 0.1) is 6.54 Å². The van der Waals surface area contributed by atoms with Crippen LogP contribution in [0.2, 0.25) is 0 Å². The van der Waals surface area contributed by atoms with Gasteiger partial charge in [0.2, 0.25) is 0 Å². The first kappa shape index (κ1) is 10.7. The third-order valence-corrected chi connectivity index (χ3v) is 3.03. The van der Waals surface area contributed by atoms with Gasteiger partial charge in [-0.05, 0) is 18.8 Å². The van der Waals surface area contributed by atoms with E-state index < -0.39 is 0 Å². The fourth-order valence-corrected chi connectivity index (χ4v) is 2.09. The molecule has 0 bridgehead atoms. The summed E-state index contributed by atoms with van der Waals surface area (Å²) in [6.45, 7) is 3.48. The minimum absolute atomic E-state index is 0.114. The minimum atomic E-state index is -0.211. The summed E-state index contributed by atoms with van der Waals surface area (Å²) in [6.07, 6.45) is 1.75. The summed E-state index contributed by atoms with van der Waals surface area (Å²) < 4.78 is 10.4. The maximum Gasteiger partial charge on any atom is 0.410 e. The molecule has 5 heteroatoms. The number of cyclic esters (lactones) is 1. The molecule has 86 valence electrons. The summed E-state index contributed by atoms with van der Waals surface area (Å²) in [4.78, 5) is 13.2. The summed E-state index contributed by atoms with van der Waals surface area (Å²) in [5.41, 5.74) is 5.47. The minimum Gasteiger partial charge on any atom is -0.443 e. The SMILES string of the molecule is NCC1CN(CC2CCOCC2)C(=O)O1. The van der Waals surface area contributed by atoms with Crippen molar-refractivity contribution in [2.24, 2.45) is 11.7 Å². The lowest BCUT2D eigenvalue weighted by molar-refractivity contribution is 0.0572. The second kappa shape index (κ2) is 4.81. The molecule has 15 heavy (non-hydrogen) atoms. The van der Waals surface area contributed by atoms with Crippen molar-refractivity contribution in [3.63, 3.8) is 0 Å². The molecule has 2 fully saturated rings. The van der Waals surface area contributed by atoms with Crippen molar-refractivity contribution in [2.45, 2.75) is 18.9 Å². The molecule has 5 nitrogen and oxygen atoms in total. The van der Waals surface area contributed by atoms with E-state index in [0.717, 1.165) is 32.6 Å². The van der Waals surface area contributed by atoms with Crippen molar-refractivity contribution in [1.29, 1.82) is 0 Å². The van der Waals surface area contributed by atoms with Gasteiger partial charge in [0.15, 0.2) is 0 Å². The molecule has 0 spiro atoms. The summed E-state index contributed by atoms with van der Waals surface area (Å²) in [5, 5.41) is 0. The van der Waals surface area contributed by atoms with Crippen molar-refractivity contribution in [3.05, 3.63) is 0 Å². The average molecular weight is 214 g/mol. The first-order valence-corrected chi connectivity index (χ1v) is 5.53. The van der Waals surface area contributed by atoms with Gasteiger partial charge in [0.25, 0.3) is 0 Å². The van der Waals surface area contributed by atoms with Crippen LogP contribution < -0.4 is 5.73 Å². The summed E-state index contributed by atoms with van der Waals surface area (Å²) in [7, 11) is 0. The maximum atomic E-state index is 11.4. The molecule has 1 atom stereocenters. The zero-order chi connectivity index (χ0) is 10.7. The Labute approximate surface area is 89.5 Å². The van der Waals surface area contributed by atoms with Gasteiger partial charge in [-0.3, -0.25) is 0 Å². The van der Waals surface area contributed by atoms with Crippen LogP contribution in [0.5, 0.6) is 0 Å². The zero-order valence-electron chi connectivity index (χ0n) is 8.85. The number of ether oxygens (including phenoxy) is 2. The monoisotopic (exact) mass is 214 g/mol. The summed E-state index contributed by atoms with van der Waals surface area (Å²) in [5.74, 6) is 0.558. The van der Waals surface area contributed by atoms with Crippen LogP contribution in [-0.2, 0) is 9.47 Å². The number of carbonyl (C=O) groups is 1. The first-order chi connectivity index (χ1) is 7.29. The van der Waals surface area contributed by atoms with E-state index in [0.29, 0.717) is 19.0 Å². The molecule has 2 saturated heterocycles. The van der Waals surface area contributed by atoms with E-state index in [9.17, 15) is 4.79 Å². The quantitative estimate of drug-likeness (QED) is 0.728. The van der Waals surface area contributed by atoms with Crippen LogP contribution in [-0.4, -0.2) is 49.9 Å². The molecule has 0 saturated carbocycles. The van der Waals surface area contributed by atoms with E-state index in [-0.39, 0.29) is 12.2 Å². The zero-order valence-corrected chi connectivity index (χ0v) is 8.85. The largest absolute Gasteiger partial charge is 0.443 e. The molecule has 0 aromatic carbocycles. The number of nitrogens with two attached hydrogens (primary N) is 1. The van der Waals surface area contributed by atoms with Crippen LogP contribution in [0.4, 0.5) is 4.79 Å². The fourth-order valence-electron chi connectivity index (χ4n) is 2.09. The predicted molar refractivity (Wildman–Crippen MR) is 54.4 cm³/mol. The van der Waals surface area contributed by atoms with Crippen LogP contribution in [0.3, 0.4) is 0 Å². The van der Waals surface area contributed by atoms with Gasteiger partial charge in [-0.1, -0.05) is 0 Å². The number of rotatable bonds is 3. The molecule has 0 aliphatic carbocycles. The highest BCUT2D eigenvalue weighted by molar-refractivity contribution is 5.69. The summed E-state index contributed by atoms with van der Waals surface area (Å²) >= 11 is 0. The average Bonchev–Trinajstić information content (AvgIpc) is 2.61. The number of hydrogen-bond acceptors (Lipinski definition) is 4. The maximum absolute atomic E-state index is 11.4. The molecule has 0 aromatic rings. The molecule has 1 amide bonds. The van der Waals surface area contributed by atoms with Crippen molar-refractivity contribution in [1.82, 2.24) is 4.90 Å². The molecule has 0 radical (unpaired) electrons. The molecule has 2 rings (SSSR count). The lowest BCUT2D eigenvalue weighted by Crippen LogP contribution is -2.34. The van der Waals surface area contributed by atoms with Gasteiger partial charge in [-0.2, -0.15) is 0 Å². The highest BCUT2D eigenvalue weighted by Crippen LogP contribution is 2.19. The normalized spacial score (nSPS) is 28.2. The van der Waals surface area contributed by atoms with Crippen molar-refractivity contribution in [3.8, 4) is 0 Å². The van der Waals surface area contributed by atoms with E-state index in [1.54, 1.807) is 4.90 Å². The first-order valence-electron chi connectivity index (χ1n) is 5.53. The standard InChI is InChI=1S/C10H18N2O3/c11-5-9-7-12(10(13)15-9)6-8-1-3-14-4-2-8/h8-9H,1-7,11H2. The second-order valence-corrected chi connectivity index (χ2v) is 4.20. The van der Waals surface area contributed by atoms with Gasteiger partial charge in [-0.25, -0.2) is 4.79 Å². The molecule has 2 heterocycles. The Kier molecular flexibility index (Phi) is 3.43. The lowest BCUT2D eigenvalue weighted by Gasteiger charge is -2.25. The summed E-state index contributed by atoms with van der Waals surface area (Å²) in [6, 6.07) is 0. The number of hydrogen-bond donors (Lipinski definition) is 1. The molecule has 1 unspecified atom stereocenters. The Bertz CT molecular complexity index is 229. The third kappa shape index (κ3) is 2.60. The van der Waals surface area contributed by atoms with E-state index in [1.165, 1.54) is 0 Å². The topological polar surface area (TPSA) is 64.8 Å². The number of amides is 1. The van der Waals surface area contributed by atoms with Gasteiger partial charge in [0, 0.05) is 26.3 Å². The number of nitrogens with zero attached hydrogens (tertiary/aromatic N) is 1. The van der Waals surface area contributed by atoms with Gasteiger partial charge in [-0.15, -0.1) is 0 Å². The molecular formula is C10H18N2O3. The Morgan fingerprint density at radius 3 is 2.73 bits per heavy atom. The Morgan fingerprint density at radius 1 is 1.40 bits per heavy atom. The lowest BCUT2D eigenvalue weighted by atomic mass is 10.00. The fraction of sp³-hybridized carbons (Fsp3) is 0.900. The molecule has 2 N–H and O–H groups in total. The Balaban J connectivity index is 1.81. The second-order valence-electron chi connectivity index (χ2n) is 4.20. The highest BCUT2D eigenvalue weighted by atomic mass is 16.6.